The van der Waals surface area contributed by atoms with E-state index in [-0.39, 0.29) is 11.3 Å². The van der Waals surface area contributed by atoms with Crippen molar-refractivity contribution >= 4 is 22.6 Å². The molecule has 3 rings (SSSR count). The van der Waals surface area contributed by atoms with E-state index in [0.29, 0.717) is 10.6 Å². The normalized spacial score (nSPS) is 12.8. The number of aliphatic hydroxyl groups excluding tert-OH is 1. The van der Waals surface area contributed by atoms with Crippen molar-refractivity contribution in [3.05, 3.63) is 70.2 Å². The first-order chi connectivity index (χ1) is 9.56. The third-order valence-corrected chi connectivity index (χ3v) is 3.53. The second-order valence-corrected chi connectivity index (χ2v) is 5.14. The number of fused-ring (bicyclic) bond motifs is 1. The molecule has 1 atom stereocenters. The third kappa shape index (κ3) is 2.19. The number of halogens is 2. The van der Waals surface area contributed by atoms with Crippen LogP contribution in [-0.4, -0.2) is 5.11 Å². The second kappa shape index (κ2) is 4.93. The average molecular weight is 291 g/mol. The highest BCUT2D eigenvalue weighted by atomic mass is 35.5. The molecule has 0 amide bonds. The molecule has 3 aromatic rings. The molecule has 0 saturated heterocycles. The molecule has 0 fully saturated rings. The van der Waals surface area contributed by atoms with Gasteiger partial charge in [-0.1, -0.05) is 41.4 Å². The molecule has 0 aliphatic rings. The number of aryl methyl sites for hydroxylation is 1. The van der Waals surface area contributed by atoms with Crippen molar-refractivity contribution in [3.63, 3.8) is 0 Å². The Bertz CT molecular complexity index is 779. The minimum absolute atomic E-state index is 0.195. The number of para-hydroxylation sites is 1. The third-order valence-electron chi connectivity index (χ3n) is 3.23. The Kier molecular flexibility index (Phi) is 3.24. The molecule has 1 aromatic heterocycles. The molecule has 0 spiro atoms. The Labute approximate surface area is 120 Å². The maximum atomic E-state index is 13.8. The van der Waals surface area contributed by atoms with Gasteiger partial charge < -0.3 is 9.52 Å². The summed E-state index contributed by atoms with van der Waals surface area (Å²) in [6, 6.07) is 11.6. The number of hydrogen-bond donors (Lipinski definition) is 1. The van der Waals surface area contributed by atoms with Crippen molar-refractivity contribution < 1.29 is 13.9 Å². The van der Waals surface area contributed by atoms with E-state index < -0.39 is 11.9 Å². The summed E-state index contributed by atoms with van der Waals surface area (Å²) in [7, 11) is 0. The van der Waals surface area contributed by atoms with Gasteiger partial charge in [0.1, 0.15) is 17.7 Å². The zero-order valence-electron chi connectivity index (χ0n) is 10.7. The SMILES string of the molecule is Cc1ccc(F)c(C(O)c2cc3cccc(Cl)c3o2)c1. The Balaban J connectivity index is 2.10. The zero-order chi connectivity index (χ0) is 14.3. The summed E-state index contributed by atoms with van der Waals surface area (Å²) >= 11 is 6.03. The van der Waals surface area contributed by atoms with Crippen LogP contribution in [-0.2, 0) is 0 Å². The maximum absolute atomic E-state index is 13.8. The van der Waals surface area contributed by atoms with Gasteiger partial charge in [0, 0.05) is 10.9 Å². The molecule has 2 aromatic carbocycles. The van der Waals surface area contributed by atoms with Crippen LogP contribution < -0.4 is 0 Å². The highest BCUT2D eigenvalue weighted by Crippen LogP contribution is 2.32. The Hall–Kier alpha value is -1.84. The van der Waals surface area contributed by atoms with E-state index in [2.05, 4.69) is 0 Å². The first-order valence-corrected chi connectivity index (χ1v) is 6.56. The number of hydrogen-bond acceptors (Lipinski definition) is 2. The maximum Gasteiger partial charge on any atom is 0.153 e. The van der Waals surface area contributed by atoms with E-state index in [1.807, 2.05) is 13.0 Å². The summed E-state index contributed by atoms with van der Waals surface area (Å²) in [4.78, 5) is 0. The van der Waals surface area contributed by atoms with E-state index in [9.17, 15) is 9.50 Å². The van der Waals surface area contributed by atoms with Crippen LogP contribution in [0, 0.1) is 12.7 Å². The van der Waals surface area contributed by atoms with E-state index in [1.165, 1.54) is 6.07 Å². The van der Waals surface area contributed by atoms with Crippen molar-refractivity contribution in [2.24, 2.45) is 0 Å². The molecule has 1 unspecified atom stereocenters. The molecule has 102 valence electrons. The van der Waals surface area contributed by atoms with Crippen LogP contribution >= 0.6 is 11.6 Å². The predicted octanol–water partition coefficient (Wildman–Crippen LogP) is 4.62. The van der Waals surface area contributed by atoms with E-state index >= 15 is 0 Å². The van der Waals surface area contributed by atoms with E-state index in [1.54, 1.807) is 30.3 Å². The Morgan fingerprint density at radius 3 is 2.75 bits per heavy atom. The standard InChI is InChI=1S/C16H12ClFO2/c1-9-5-6-13(18)11(7-9)15(19)14-8-10-3-2-4-12(17)16(10)20-14/h2-8,15,19H,1H3. The number of rotatable bonds is 2. The van der Waals surface area contributed by atoms with Crippen molar-refractivity contribution in [1.82, 2.24) is 0 Å². The highest BCUT2D eigenvalue weighted by molar-refractivity contribution is 6.34. The molecule has 0 aliphatic heterocycles. The first kappa shape index (κ1) is 13.2. The van der Waals surface area contributed by atoms with Crippen LogP contribution in [0.5, 0.6) is 0 Å². The van der Waals surface area contributed by atoms with Crippen LogP contribution in [0.15, 0.2) is 46.9 Å². The molecule has 4 heteroatoms. The molecule has 20 heavy (non-hydrogen) atoms. The minimum Gasteiger partial charge on any atom is -0.456 e. The smallest absolute Gasteiger partial charge is 0.153 e. The number of furan rings is 1. The summed E-state index contributed by atoms with van der Waals surface area (Å²) in [6.07, 6.45) is -1.15. The average Bonchev–Trinajstić information content (AvgIpc) is 2.86. The molecule has 1 heterocycles. The molecule has 1 N–H and O–H groups in total. The molecule has 0 aliphatic carbocycles. The Morgan fingerprint density at radius 2 is 2.00 bits per heavy atom. The summed E-state index contributed by atoms with van der Waals surface area (Å²) < 4.78 is 19.4. The lowest BCUT2D eigenvalue weighted by atomic mass is 10.0. The fourth-order valence-corrected chi connectivity index (χ4v) is 2.43. The predicted molar refractivity (Wildman–Crippen MR) is 76.4 cm³/mol. The lowest BCUT2D eigenvalue weighted by Crippen LogP contribution is -2.01. The summed E-state index contributed by atoms with van der Waals surface area (Å²) in [5.41, 5.74) is 1.56. The summed E-state index contributed by atoms with van der Waals surface area (Å²) in [6.45, 7) is 1.84. The summed E-state index contributed by atoms with van der Waals surface area (Å²) in [5, 5.41) is 11.6. The van der Waals surface area contributed by atoms with Crippen LogP contribution in [0.2, 0.25) is 5.02 Å². The van der Waals surface area contributed by atoms with Crippen LogP contribution in [0.1, 0.15) is 23.0 Å². The lowest BCUT2D eigenvalue weighted by Gasteiger charge is -2.10. The molecular formula is C16H12ClFO2. The van der Waals surface area contributed by atoms with Crippen LogP contribution in [0.3, 0.4) is 0 Å². The van der Waals surface area contributed by atoms with Gasteiger partial charge in [-0.3, -0.25) is 0 Å². The van der Waals surface area contributed by atoms with Crippen molar-refractivity contribution in [3.8, 4) is 0 Å². The fraction of sp³-hybridized carbons (Fsp3) is 0.125. The number of benzene rings is 2. The van der Waals surface area contributed by atoms with Crippen molar-refractivity contribution in [1.29, 1.82) is 0 Å². The highest BCUT2D eigenvalue weighted by Gasteiger charge is 2.20. The monoisotopic (exact) mass is 290 g/mol. The van der Waals surface area contributed by atoms with Gasteiger partial charge in [0.15, 0.2) is 5.58 Å². The van der Waals surface area contributed by atoms with Crippen molar-refractivity contribution in [2.45, 2.75) is 13.0 Å². The van der Waals surface area contributed by atoms with Gasteiger partial charge in [-0.25, -0.2) is 4.39 Å². The van der Waals surface area contributed by atoms with Gasteiger partial charge in [-0.05, 0) is 25.1 Å². The van der Waals surface area contributed by atoms with E-state index in [0.717, 1.165) is 10.9 Å². The fourth-order valence-electron chi connectivity index (χ4n) is 2.21. The zero-order valence-corrected chi connectivity index (χ0v) is 11.5. The largest absolute Gasteiger partial charge is 0.456 e. The number of aliphatic hydroxyl groups is 1. The molecule has 0 saturated carbocycles. The van der Waals surface area contributed by atoms with Crippen LogP contribution in [0.4, 0.5) is 4.39 Å². The second-order valence-electron chi connectivity index (χ2n) is 4.73. The van der Waals surface area contributed by atoms with Crippen LogP contribution in [0.25, 0.3) is 11.0 Å². The van der Waals surface area contributed by atoms with E-state index in [4.69, 9.17) is 16.0 Å². The molecular weight excluding hydrogens is 279 g/mol. The minimum atomic E-state index is -1.15. The van der Waals surface area contributed by atoms with Gasteiger partial charge in [-0.15, -0.1) is 0 Å². The van der Waals surface area contributed by atoms with Gasteiger partial charge in [0.05, 0.1) is 5.02 Å². The first-order valence-electron chi connectivity index (χ1n) is 6.18. The van der Waals surface area contributed by atoms with Gasteiger partial charge in [-0.2, -0.15) is 0 Å². The van der Waals surface area contributed by atoms with Gasteiger partial charge >= 0.3 is 0 Å². The topological polar surface area (TPSA) is 33.4 Å². The van der Waals surface area contributed by atoms with Gasteiger partial charge in [0.25, 0.3) is 0 Å². The summed E-state index contributed by atoms with van der Waals surface area (Å²) in [5.74, 6) is -0.188. The lowest BCUT2D eigenvalue weighted by molar-refractivity contribution is 0.187. The van der Waals surface area contributed by atoms with Gasteiger partial charge in [0.2, 0.25) is 0 Å². The molecule has 0 radical (unpaired) electrons. The Morgan fingerprint density at radius 1 is 1.20 bits per heavy atom. The van der Waals surface area contributed by atoms with Crippen molar-refractivity contribution in [2.75, 3.05) is 0 Å². The molecule has 0 bridgehead atoms. The quantitative estimate of drug-likeness (QED) is 0.747. The molecule has 2 nitrogen and oxygen atoms in total.